The minimum atomic E-state index is -1.36. The van der Waals surface area contributed by atoms with Crippen molar-refractivity contribution in [3.8, 4) is 0 Å². The number of carboxylic acid groups (broad SMARTS) is 1. The zero-order valence-corrected chi connectivity index (χ0v) is 14.9. The summed E-state index contributed by atoms with van der Waals surface area (Å²) in [7, 11) is 0. The Balaban J connectivity index is 1.96. The first-order valence-electron chi connectivity index (χ1n) is 7.43. The Labute approximate surface area is 158 Å². The summed E-state index contributed by atoms with van der Waals surface area (Å²) in [6, 6.07) is 10.5. The first-order chi connectivity index (χ1) is 12.3. The molecule has 1 heterocycles. The number of hydrogen-bond acceptors (Lipinski definition) is 5. The van der Waals surface area contributed by atoms with Crippen molar-refractivity contribution in [3.05, 3.63) is 69.3 Å². The van der Waals surface area contributed by atoms with Crippen molar-refractivity contribution < 1.29 is 19.5 Å². The van der Waals surface area contributed by atoms with Gasteiger partial charge in [-0.15, -0.1) is 0 Å². The van der Waals surface area contributed by atoms with Gasteiger partial charge in [-0.05, 0) is 42.3 Å². The molecule has 0 aliphatic carbocycles. The largest absolute Gasteiger partial charge is 0.545 e. The van der Waals surface area contributed by atoms with Gasteiger partial charge in [0.1, 0.15) is 10.7 Å². The monoisotopic (exact) mass is 389 g/mol. The van der Waals surface area contributed by atoms with Crippen LogP contribution in [0, 0.1) is 6.92 Å². The lowest BCUT2D eigenvalue weighted by Crippen LogP contribution is -2.32. The van der Waals surface area contributed by atoms with Crippen molar-refractivity contribution in [2.45, 2.75) is 6.92 Å². The third kappa shape index (κ3) is 3.05. The number of benzene rings is 2. The van der Waals surface area contributed by atoms with Crippen molar-refractivity contribution in [1.29, 1.82) is 0 Å². The molecule has 26 heavy (non-hydrogen) atoms. The molecule has 0 unspecified atom stereocenters. The third-order valence-corrected chi connectivity index (χ3v) is 4.64. The zero-order valence-electron chi connectivity index (χ0n) is 13.4. The van der Waals surface area contributed by atoms with Gasteiger partial charge in [0, 0.05) is 10.7 Å². The van der Waals surface area contributed by atoms with Crippen LogP contribution in [-0.2, 0) is 9.59 Å². The van der Waals surface area contributed by atoms with Gasteiger partial charge < -0.3 is 15.2 Å². The van der Waals surface area contributed by atoms with E-state index >= 15 is 0 Å². The van der Waals surface area contributed by atoms with E-state index in [1.165, 1.54) is 24.3 Å². The highest BCUT2D eigenvalue weighted by Gasteiger charge is 2.39. The third-order valence-electron chi connectivity index (χ3n) is 3.87. The number of amides is 2. The molecule has 0 saturated heterocycles. The molecule has 0 bridgehead atoms. The molecule has 132 valence electrons. The Hall–Kier alpha value is -2.83. The fourth-order valence-electron chi connectivity index (χ4n) is 2.54. The average Bonchev–Trinajstić information content (AvgIpc) is 2.81. The number of nitrogens with one attached hydrogen (secondary N) is 1. The fraction of sp³-hybridized carbons (Fsp3) is 0.0556. The van der Waals surface area contributed by atoms with Gasteiger partial charge in [-0.1, -0.05) is 41.4 Å². The fourth-order valence-corrected chi connectivity index (χ4v) is 2.92. The number of rotatable bonds is 4. The SMILES string of the molecule is Cc1c(Cl)cccc1N1C(=O)C(Cl)=C(Nc2cccc(C(=O)[O-])c2)C1=O. The second-order valence-electron chi connectivity index (χ2n) is 5.51. The summed E-state index contributed by atoms with van der Waals surface area (Å²) < 4.78 is 0. The Morgan fingerprint density at radius 2 is 1.77 bits per heavy atom. The highest BCUT2D eigenvalue weighted by Crippen LogP contribution is 2.34. The maximum Gasteiger partial charge on any atom is 0.283 e. The van der Waals surface area contributed by atoms with E-state index in [4.69, 9.17) is 23.2 Å². The lowest BCUT2D eigenvalue weighted by molar-refractivity contribution is -0.255. The molecule has 0 atom stereocenters. The number of nitrogens with zero attached hydrogens (tertiary/aromatic N) is 1. The zero-order chi connectivity index (χ0) is 19.0. The van der Waals surface area contributed by atoms with Gasteiger partial charge in [-0.25, -0.2) is 4.90 Å². The first-order valence-corrected chi connectivity index (χ1v) is 8.19. The number of carboxylic acids is 1. The van der Waals surface area contributed by atoms with Crippen LogP contribution in [0.3, 0.4) is 0 Å². The summed E-state index contributed by atoms with van der Waals surface area (Å²) in [6.07, 6.45) is 0. The molecule has 2 aromatic rings. The van der Waals surface area contributed by atoms with Crippen LogP contribution in [0.25, 0.3) is 0 Å². The topological polar surface area (TPSA) is 89.5 Å². The van der Waals surface area contributed by atoms with Crippen LogP contribution in [0.2, 0.25) is 5.02 Å². The predicted octanol–water partition coefficient (Wildman–Crippen LogP) is 2.45. The van der Waals surface area contributed by atoms with Crippen molar-refractivity contribution in [3.63, 3.8) is 0 Å². The molecule has 1 N–H and O–H groups in total. The van der Waals surface area contributed by atoms with E-state index in [0.29, 0.717) is 16.3 Å². The Bertz CT molecular complexity index is 985. The molecule has 0 radical (unpaired) electrons. The van der Waals surface area contributed by atoms with Crippen molar-refractivity contribution in [1.82, 2.24) is 0 Å². The molecule has 8 heteroatoms. The molecular weight excluding hydrogens is 379 g/mol. The second kappa shape index (κ2) is 6.82. The number of anilines is 2. The van der Waals surface area contributed by atoms with E-state index in [1.807, 2.05) is 0 Å². The summed E-state index contributed by atoms with van der Waals surface area (Å²) in [6.45, 7) is 1.68. The van der Waals surface area contributed by atoms with E-state index in [1.54, 1.807) is 25.1 Å². The molecule has 0 aromatic heterocycles. The van der Waals surface area contributed by atoms with E-state index in [-0.39, 0.29) is 22.0 Å². The van der Waals surface area contributed by atoms with Crippen LogP contribution in [0.1, 0.15) is 15.9 Å². The quantitative estimate of drug-likeness (QED) is 0.811. The van der Waals surface area contributed by atoms with E-state index < -0.39 is 17.8 Å². The number of aromatic carboxylic acids is 1. The van der Waals surface area contributed by atoms with E-state index in [0.717, 1.165) is 4.90 Å². The van der Waals surface area contributed by atoms with Crippen LogP contribution in [0.4, 0.5) is 11.4 Å². The molecular formula is C18H11Cl2N2O4-. The standard InChI is InChI=1S/C18H12Cl2N2O4/c1-9-12(19)6-3-7-13(9)22-16(23)14(20)15(17(22)24)21-11-5-2-4-10(8-11)18(25)26/h2-8,21H,1H3,(H,25,26)/p-1. The molecule has 0 fully saturated rings. The van der Waals surface area contributed by atoms with Crippen molar-refractivity contribution in [2.24, 2.45) is 0 Å². The van der Waals surface area contributed by atoms with E-state index in [2.05, 4.69) is 5.32 Å². The van der Waals surface area contributed by atoms with Crippen LogP contribution in [-0.4, -0.2) is 17.8 Å². The highest BCUT2D eigenvalue weighted by atomic mass is 35.5. The van der Waals surface area contributed by atoms with Crippen LogP contribution in [0.15, 0.2) is 53.2 Å². The normalized spacial score (nSPS) is 14.2. The summed E-state index contributed by atoms with van der Waals surface area (Å²) in [4.78, 5) is 37.1. The van der Waals surface area contributed by atoms with Gasteiger partial charge >= 0.3 is 0 Å². The maximum absolute atomic E-state index is 12.7. The summed E-state index contributed by atoms with van der Waals surface area (Å²) >= 11 is 12.1. The summed E-state index contributed by atoms with van der Waals surface area (Å²) in [5, 5.41) is 13.8. The smallest absolute Gasteiger partial charge is 0.283 e. The average molecular weight is 390 g/mol. The number of hydrogen-bond donors (Lipinski definition) is 1. The van der Waals surface area contributed by atoms with Crippen LogP contribution in [0.5, 0.6) is 0 Å². The molecule has 2 aromatic carbocycles. The molecule has 1 aliphatic rings. The first kappa shape index (κ1) is 18.0. The minimum Gasteiger partial charge on any atom is -0.545 e. The number of imide groups is 1. The van der Waals surface area contributed by atoms with E-state index in [9.17, 15) is 19.5 Å². The molecule has 0 saturated carbocycles. The van der Waals surface area contributed by atoms with Gasteiger partial charge in [0.05, 0.1) is 11.7 Å². The van der Waals surface area contributed by atoms with Crippen LogP contribution >= 0.6 is 23.2 Å². The second-order valence-corrected chi connectivity index (χ2v) is 6.30. The van der Waals surface area contributed by atoms with Crippen molar-refractivity contribution >= 4 is 52.4 Å². The number of carbonyl (C=O) groups is 3. The van der Waals surface area contributed by atoms with Gasteiger partial charge in [0.15, 0.2) is 0 Å². The van der Waals surface area contributed by atoms with Gasteiger partial charge in [0.2, 0.25) is 0 Å². The maximum atomic E-state index is 12.7. The number of carbonyl (C=O) groups excluding carboxylic acids is 3. The van der Waals surface area contributed by atoms with Gasteiger partial charge in [-0.3, -0.25) is 9.59 Å². The predicted molar refractivity (Wildman–Crippen MR) is 96.0 cm³/mol. The molecule has 1 aliphatic heterocycles. The Morgan fingerprint density at radius 3 is 2.46 bits per heavy atom. The minimum absolute atomic E-state index is 0.0777. The molecule has 6 nitrogen and oxygen atoms in total. The Morgan fingerprint density at radius 1 is 1.08 bits per heavy atom. The van der Waals surface area contributed by atoms with Crippen LogP contribution < -0.4 is 15.3 Å². The lowest BCUT2D eigenvalue weighted by atomic mass is 10.2. The number of halogens is 2. The summed E-state index contributed by atoms with van der Waals surface area (Å²) in [5.74, 6) is -2.72. The molecule has 2 amide bonds. The van der Waals surface area contributed by atoms with Gasteiger partial charge in [-0.2, -0.15) is 0 Å². The Kier molecular flexibility index (Phi) is 4.71. The molecule has 0 spiro atoms. The van der Waals surface area contributed by atoms with Gasteiger partial charge in [0.25, 0.3) is 11.8 Å². The van der Waals surface area contributed by atoms with Crippen molar-refractivity contribution in [2.75, 3.05) is 10.2 Å². The lowest BCUT2D eigenvalue weighted by Gasteiger charge is -2.18. The molecule has 3 rings (SSSR count). The summed E-state index contributed by atoms with van der Waals surface area (Å²) in [5.41, 5.74) is 0.940. The highest BCUT2D eigenvalue weighted by molar-refractivity contribution is 6.53.